The third kappa shape index (κ3) is 2.75. The number of hydrogen-bond acceptors (Lipinski definition) is 3. The van der Waals surface area contributed by atoms with Gasteiger partial charge in [0.15, 0.2) is 0 Å². The Hall–Kier alpha value is -1.68. The Kier molecular flexibility index (Phi) is 4.11. The molecule has 3 rings (SSSR count). The summed E-state index contributed by atoms with van der Waals surface area (Å²) in [5, 5.41) is 12.7. The van der Waals surface area contributed by atoms with Gasteiger partial charge in [-0.05, 0) is 43.9 Å². The minimum atomic E-state index is 0.362. The van der Waals surface area contributed by atoms with E-state index in [1.165, 1.54) is 19.3 Å². The van der Waals surface area contributed by atoms with Crippen molar-refractivity contribution in [1.29, 1.82) is 0 Å². The highest BCUT2D eigenvalue weighted by atomic mass is 15.5. The van der Waals surface area contributed by atoms with Gasteiger partial charge in [-0.2, -0.15) is 15.0 Å². The van der Waals surface area contributed by atoms with Crippen LogP contribution in [0.1, 0.15) is 44.3 Å². The van der Waals surface area contributed by atoms with Crippen molar-refractivity contribution in [3.63, 3.8) is 0 Å². The zero-order valence-corrected chi connectivity index (χ0v) is 12.0. The highest BCUT2D eigenvalue weighted by Gasteiger charge is 2.29. The first-order chi connectivity index (χ1) is 9.88. The van der Waals surface area contributed by atoms with Crippen LogP contribution in [0.3, 0.4) is 0 Å². The second kappa shape index (κ2) is 6.18. The number of nitrogens with zero attached hydrogens (tertiary/aromatic N) is 3. The van der Waals surface area contributed by atoms with Gasteiger partial charge in [-0.15, -0.1) is 0 Å². The van der Waals surface area contributed by atoms with Crippen molar-refractivity contribution in [3.05, 3.63) is 42.2 Å². The Balaban J connectivity index is 1.79. The lowest BCUT2D eigenvalue weighted by molar-refractivity contribution is 0.227. The summed E-state index contributed by atoms with van der Waals surface area (Å²) in [6.45, 7) is 3.24. The monoisotopic (exact) mass is 270 g/mol. The molecule has 1 unspecified atom stereocenters. The first-order valence-electron chi connectivity index (χ1n) is 7.59. The number of para-hydroxylation sites is 1. The summed E-state index contributed by atoms with van der Waals surface area (Å²) >= 11 is 0. The van der Waals surface area contributed by atoms with Crippen LogP contribution in [0.25, 0.3) is 5.69 Å². The zero-order valence-electron chi connectivity index (χ0n) is 12.0. The largest absolute Gasteiger partial charge is 0.308 e. The molecule has 1 heterocycles. The molecule has 1 aromatic heterocycles. The normalized spacial score (nSPS) is 16.9. The summed E-state index contributed by atoms with van der Waals surface area (Å²) in [5.41, 5.74) is 2.09. The van der Waals surface area contributed by atoms with Crippen LogP contribution in [-0.2, 0) is 0 Å². The van der Waals surface area contributed by atoms with Gasteiger partial charge in [-0.25, -0.2) is 0 Å². The van der Waals surface area contributed by atoms with Gasteiger partial charge >= 0.3 is 0 Å². The van der Waals surface area contributed by atoms with Crippen molar-refractivity contribution >= 4 is 0 Å². The molecule has 0 amide bonds. The van der Waals surface area contributed by atoms with Gasteiger partial charge in [0.05, 0.1) is 17.9 Å². The number of benzene rings is 1. The first kappa shape index (κ1) is 13.3. The average molecular weight is 270 g/mol. The third-order valence-electron chi connectivity index (χ3n) is 4.05. The predicted molar refractivity (Wildman–Crippen MR) is 79.7 cm³/mol. The quantitative estimate of drug-likeness (QED) is 0.877. The highest BCUT2D eigenvalue weighted by molar-refractivity contribution is 5.28. The Morgan fingerprint density at radius 2 is 2.10 bits per heavy atom. The number of rotatable bonds is 6. The number of nitrogens with one attached hydrogen (secondary N) is 1. The SMILES string of the molecule is CCCNC(c1cnn(-c2ccccc2)n1)C1CCC1. The van der Waals surface area contributed by atoms with E-state index in [1.54, 1.807) is 4.80 Å². The van der Waals surface area contributed by atoms with Crippen LogP contribution in [0.2, 0.25) is 0 Å². The van der Waals surface area contributed by atoms with Crippen molar-refractivity contribution in [2.75, 3.05) is 6.54 Å². The molecule has 0 spiro atoms. The summed E-state index contributed by atoms with van der Waals surface area (Å²) in [4.78, 5) is 1.73. The second-order valence-corrected chi connectivity index (χ2v) is 5.52. The summed E-state index contributed by atoms with van der Waals surface area (Å²) in [5.74, 6) is 0.725. The van der Waals surface area contributed by atoms with E-state index in [2.05, 4.69) is 22.4 Å². The maximum absolute atomic E-state index is 4.68. The third-order valence-corrected chi connectivity index (χ3v) is 4.05. The molecule has 4 nitrogen and oxygen atoms in total. The molecule has 0 saturated heterocycles. The number of hydrogen-bond donors (Lipinski definition) is 1. The fourth-order valence-electron chi connectivity index (χ4n) is 2.69. The molecular weight excluding hydrogens is 248 g/mol. The van der Waals surface area contributed by atoms with Crippen molar-refractivity contribution in [2.45, 2.75) is 38.6 Å². The molecule has 1 atom stereocenters. The molecule has 1 N–H and O–H groups in total. The van der Waals surface area contributed by atoms with Crippen LogP contribution >= 0.6 is 0 Å². The van der Waals surface area contributed by atoms with Gasteiger partial charge in [-0.3, -0.25) is 0 Å². The van der Waals surface area contributed by atoms with Crippen molar-refractivity contribution < 1.29 is 0 Å². The van der Waals surface area contributed by atoms with E-state index in [-0.39, 0.29) is 0 Å². The molecule has 1 aromatic carbocycles. The first-order valence-corrected chi connectivity index (χ1v) is 7.59. The van der Waals surface area contributed by atoms with Gasteiger partial charge in [0.25, 0.3) is 0 Å². The second-order valence-electron chi connectivity index (χ2n) is 5.52. The predicted octanol–water partition coefficient (Wildman–Crippen LogP) is 3.11. The fourth-order valence-corrected chi connectivity index (χ4v) is 2.69. The van der Waals surface area contributed by atoms with Crippen molar-refractivity contribution in [2.24, 2.45) is 5.92 Å². The molecule has 2 aromatic rings. The molecule has 0 bridgehead atoms. The topological polar surface area (TPSA) is 42.7 Å². The zero-order chi connectivity index (χ0) is 13.8. The molecule has 20 heavy (non-hydrogen) atoms. The van der Waals surface area contributed by atoms with Crippen molar-refractivity contribution in [1.82, 2.24) is 20.3 Å². The van der Waals surface area contributed by atoms with E-state index in [4.69, 9.17) is 0 Å². The van der Waals surface area contributed by atoms with Crippen LogP contribution < -0.4 is 5.32 Å². The van der Waals surface area contributed by atoms with Gasteiger partial charge in [0.1, 0.15) is 5.69 Å². The Labute approximate surface area is 120 Å². The lowest BCUT2D eigenvalue weighted by atomic mass is 9.78. The minimum absolute atomic E-state index is 0.362. The Morgan fingerprint density at radius 1 is 1.30 bits per heavy atom. The molecule has 0 radical (unpaired) electrons. The van der Waals surface area contributed by atoms with E-state index in [0.29, 0.717) is 6.04 Å². The fraction of sp³-hybridized carbons (Fsp3) is 0.500. The minimum Gasteiger partial charge on any atom is -0.308 e. The standard InChI is InChI=1S/C16H22N4/c1-2-11-17-16(13-7-6-8-13)15-12-18-20(19-15)14-9-4-3-5-10-14/h3-5,9-10,12-13,16-17H,2,6-8,11H2,1H3. The van der Waals surface area contributed by atoms with E-state index in [1.807, 2.05) is 36.5 Å². The Bertz CT molecular complexity index is 530. The molecule has 1 fully saturated rings. The summed E-state index contributed by atoms with van der Waals surface area (Å²) in [6.07, 6.45) is 7.02. The molecular formula is C16H22N4. The van der Waals surface area contributed by atoms with Crippen LogP contribution in [0.15, 0.2) is 36.5 Å². The number of aromatic nitrogens is 3. The smallest absolute Gasteiger partial charge is 0.100 e. The van der Waals surface area contributed by atoms with Crippen LogP contribution in [0.4, 0.5) is 0 Å². The van der Waals surface area contributed by atoms with Crippen LogP contribution in [0.5, 0.6) is 0 Å². The van der Waals surface area contributed by atoms with E-state index in [0.717, 1.165) is 30.3 Å². The van der Waals surface area contributed by atoms with Gasteiger partial charge in [0.2, 0.25) is 0 Å². The van der Waals surface area contributed by atoms with Crippen molar-refractivity contribution in [3.8, 4) is 5.69 Å². The maximum Gasteiger partial charge on any atom is 0.100 e. The molecule has 1 saturated carbocycles. The molecule has 1 aliphatic carbocycles. The maximum atomic E-state index is 4.68. The lowest BCUT2D eigenvalue weighted by Gasteiger charge is -2.33. The lowest BCUT2D eigenvalue weighted by Crippen LogP contribution is -2.33. The van der Waals surface area contributed by atoms with Gasteiger partial charge in [0, 0.05) is 0 Å². The average Bonchev–Trinajstić information content (AvgIpc) is 2.92. The molecule has 106 valence electrons. The Morgan fingerprint density at radius 3 is 2.75 bits per heavy atom. The summed E-state index contributed by atoms with van der Waals surface area (Å²) in [7, 11) is 0. The van der Waals surface area contributed by atoms with E-state index < -0.39 is 0 Å². The summed E-state index contributed by atoms with van der Waals surface area (Å²) < 4.78 is 0. The molecule has 4 heteroatoms. The van der Waals surface area contributed by atoms with Gasteiger partial charge in [-0.1, -0.05) is 31.5 Å². The van der Waals surface area contributed by atoms with Crippen LogP contribution in [0, 0.1) is 5.92 Å². The van der Waals surface area contributed by atoms with Crippen LogP contribution in [-0.4, -0.2) is 21.5 Å². The van der Waals surface area contributed by atoms with E-state index >= 15 is 0 Å². The highest BCUT2D eigenvalue weighted by Crippen LogP contribution is 2.36. The molecule has 0 aliphatic heterocycles. The van der Waals surface area contributed by atoms with Gasteiger partial charge < -0.3 is 5.32 Å². The molecule has 1 aliphatic rings. The summed E-state index contributed by atoms with van der Waals surface area (Å²) in [6, 6.07) is 10.5. The van der Waals surface area contributed by atoms with E-state index in [9.17, 15) is 0 Å².